The van der Waals surface area contributed by atoms with E-state index in [9.17, 15) is 9.18 Å². The molecule has 0 radical (unpaired) electrons. The fourth-order valence-electron chi connectivity index (χ4n) is 2.02. The second-order valence-corrected chi connectivity index (χ2v) is 4.83. The van der Waals surface area contributed by atoms with Gasteiger partial charge in [0.2, 0.25) is 0 Å². The van der Waals surface area contributed by atoms with Crippen molar-refractivity contribution in [2.45, 2.75) is 0 Å². The number of H-pyrrole nitrogens is 1. The number of hydrogen-bond donors (Lipinski definition) is 2. The van der Waals surface area contributed by atoms with Gasteiger partial charge in [0.1, 0.15) is 5.82 Å². The lowest BCUT2D eigenvalue weighted by atomic mass is 10.1. The van der Waals surface area contributed by atoms with Crippen LogP contribution < -0.4 is 5.32 Å². The summed E-state index contributed by atoms with van der Waals surface area (Å²) in [5, 5.41) is 3.80. The molecular weight excluding hydrogens is 279 g/mol. The SMILES string of the molecule is O=C(Nc1cc(F)cc(Cl)c1)c1ccc2[nH]ccc2c1. The molecule has 3 nitrogen and oxygen atoms in total. The third kappa shape index (κ3) is 2.51. The molecule has 0 bridgehead atoms. The minimum atomic E-state index is -0.492. The molecular formula is C15H10ClFN2O. The van der Waals surface area contributed by atoms with Crippen LogP contribution in [0.2, 0.25) is 5.02 Å². The first-order chi connectivity index (χ1) is 9.61. The summed E-state index contributed by atoms with van der Waals surface area (Å²) >= 11 is 5.75. The normalized spacial score (nSPS) is 10.7. The second-order valence-electron chi connectivity index (χ2n) is 4.39. The molecule has 0 unspecified atom stereocenters. The lowest BCUT2D eigenvalue weighted by Gasteiger charge is -2.06. The molecule has 0 fully saturated rings. The zero-order chi connectivity index (χ0) is 14.1. The minimum absolute atomic E-state index is 0.237. The highest BCUT2D eigenvalue weighted by Gasteiger charge is 2.08. The van der Waals surface area contributed by atoms with Gasteiger partial charge in [0.25, 0.3) is 5.91 Å². The Morgan fingerprint density at radius 3 is 2.80 bits per heavy atom. The summed E-state index contributed by atoms with van der Waals surface area (Å²) in [6.45, 7) is 0. The Labute approximate surface area is 119 Å². The zero-order valence-corrected chi connectivity index (χ0v) is 11.0. The Kier molecular flexibility index (Phi) is 3.16. The number of aromatic nitrogens is 1. The van der Waals surface area contributed by atoms with Crippen molar-refractivity contribution in [2.24, 2.45) is 0 Å². The molecule has 5 heteroatoms. The first kappa shape index (κ1) is 12.7. The number of anilines is 1. The third-order valence-electron chi connectivity index (χ3n) is 2.94. The molecule has 2 aromatic carbocycles. The van der Waals surface area contributed by atoms with E-state index in [1.165, 1.54) is 18.2 Å². The van der Waals surface area contributed by atoms with E-state index in [4.69, 9.17) is 11.6 Å². The van der Waals surface area contributed by atoms with Crippen molar-refractivity contribution in [1.29, 1.82) is 0 Å². The van der Waals surface area contributed by atoms with Crippen LogP contribution in [0.15, 0.2) is 48.7 Å². The Morgan fingerprint density at radius 1 is 1.15 bits per heavy atom. The summed E-state index contributed by atoms with van der Waals surface area (Å²) in [6, 6.07) is 11.1. The van der Waals surface area contributed by atoms with Crippen molar-refractivity contribution in [2.75, 3.05) is 5.32 Å². The average molecular weight is 289 g/mol. The van der Waals surface area contributed by atoms with Gasteiger partial charge < -0.3 is 10.3 Å². The first-order valence-electron chi connectivity index (χ1n) is 5.96. The molecule has 0 spiro atoms. The van der Waals surface area contributed by atoms with E-state index in [0.717, 1.165) is 10.9 Å². The van der Waals surface area contributed by atoms with Gasteiger partial charge in [0.05, 0.1) is 0 Å². The predicted octanol–water partition coefficient (Wildman–Crippen LogP) is 4.21. The van der Waals surface area contributed by atoms with Gasteiger partial charge in [-0.3, -0.25) is 4.79 Å². The Bertz CT molecular complexity index is 777. The number of fused-ring (bicyclic) bond motifs is 1. The zero-order valence-electron chi connectivity index (χ0n) is 10.3. The smallest absolute Gasteiger partial charge is 0.255 e. The van der Waals surface area contributed by atoms with E-state index in [-0.39, 0.29) is 10.9 Å². The molecule has 20 heavy (non-hydrogen) atoms. The van der Waals surface area contributed by atoms with Crippen LogP contribution in [0.5, 0.6) is 0 Å². The Balaban J connectivity index is 1.88. The monoisotopic (exact) mass is 288 g/mol. The van der Waals surface area contributed by atoms with Gasteiger partial charge >= 0.3 is 0 Å². The molecule has 1 heterocycles. The Hall–Kier alpha value is -2.33. The molecule has 0 saturated carbocycles. The fraction of sp³-hybridized carbons (Fsp3) is 0. The number of halogens is 2. The van der Waals surface area contributed by atoms with Gasteiger partial charge in [-0.05, 0) is 42.5 Å². The van der Waals surface area contributed by atoms with Crippen molar-refractivity contribution in [3.63, 3.8) is 0 Å². The summed E-state index contributed by atoms with van der Waals surface area (Å²) in [4.78, 5) is 15.2. The lowest BCUT2D eigenvalue weighted by Crippen LogP contribution is -2.11. The summed E-state index contributed by atoms with van der Waals surface area (Å²) in [5.74, 6) is -0.802. The summed E-state index contributed by atoms with van der Waals surface area (Å²) in [5.41, 5.74) is 1.78. The van der Waals surface area contributed by atoms with Crippen molar-refractivity contribution < 1.29 is 9.18 Å². The molecule has 1 amide bonds. The van der Waals surface area contributed by atoms with Crippen LogP contribution in [0, 0.1) is 5.82 Å². The standard InChI is InChI=1S/C15H10ClFN2O/c16-11-6-12(17)8-13(7-11)19-15(20)10-1-2-14-9(5-10)3-4-18-14/h1-8,18H,(H,19,20). The molecule has 2 N–H and O–H groups in total. The van der Waals surface area contributed by atoms with Crippen molar-refractivity contribution in [1.82, 2.24) is 4.98 Å². The van der Waals surface area contributed by atoms with Crippen molar-refractivity contribution in [3.8, 4) is 0 Å². The van der Waals surface area contributed by atoms with Crippen molar-refractivity contribution in [3.05, 3.63) is 65.1 Å². The van der Waals surface area contributed by atoms with Gasteiger partial charge in [-0.1, -0.05) is 11.6 Å². The topological polar surface area (TPSA) is 44.9 Å². The third-order valence-corrected chi connectivity index (χ3v) is 3.15. The van der Waals surface area contributed by atoms with Gasteiger partial charge in [0.15, 0.2) is 0 Å². The maximum atomic E-state index is 13.2. The second kappa shape index (κ2) is 4.98. The molecule has 3 rings (SSSR count). The summed E-state index contributed by atoms with van der Waals surface area (Å²) < 4.78 is 13.2. The van der Waals surface area contributed by atoms with Crippen LogP contribution in [0.25, 0.3) is 10.9 Å². The van der Waals surface area contributed by atoms with Crippen LogP contribution in [0.3, 0.4) is 0 Å². The molecule has 0 saturated heterocycles. The molecule has 0 aliphatic rings. The molecule has 1 aromatic heterocycles. The number of rotatable bonds is 2. The molecule has 0 aliphatic heterocycles. The summed E-state index contributed by atoms with van der Waals surface area (Å²) in [7, 11) is 0. The predicted molar refractivity (Wildman–Crippen MR) is 77.7 cm³/mol. The van der Waals surface area contributed by atoms with Gasteiger partial charge in [-0.15, -0.1) is 0 Å². The van der Waals surface area contributed by atoms with Gasteiger partial charge in [-0.2, -0.15) is 0 Å². The average Bonchev–Trinajstić information content (AvgIpc) is 2.84. The highest BCUT2D eigenvalue weighted by molar-refractivity contribution is 6.31. The van der Waals surface area contributed by atoms with Crippen LogP contribution in [0.4, 0.5) is 10.1 Å². The maximum Gasteiger partial charge on any atom is 0.255 e. The minimum Gasteiger partial charge on any atom is -0.361 e. The maximum absolute atomic E-state index is 13.2. The lowest BCUT2D eigenvalue weighted by molar-refractivity contribution is 0.102. The van der Waals surface area contributed by atoms with E-state index in [1.807, 2.05) is 12.1 Å². The number of carbonyl (C=O) groups excluding carboxylic acids is 1. The largest absolute Gasteiger partial charge is 0.361 e. The fourth-order valence-corrected chi connectivity index (χ4v) is 2.25. The van der Waals surface area contributed by atoms with E-state index < -0.39 is 5.82 Å². The van der Waals surface area contributed by atoms with Crippen LogP contribution in [-0.2, 0) is 0 Å². The molecule has 0 aliphatic carbocycles. The molecule has 3 aromatic rings. The molecule has 0 atom stereocenters. The Morgan fingerprint density at radius 2 is 2.00 bits per heavy atom. The van der Waals surface area contributed by atoms with E-state index in [1.54, 1.807) is 18.3 Å². The van der Waals surface area contributed by atoms with Crippen LogP contribution in [0.1, 0.15) is 10.4 Å². The quantitative estimate of drug-likeness (QED) is 0.729. The van der Waals surface area contributed by atoms with E-state index >= 15 is 0 Å². The number of hydrogen-bond acceptors (Lipinski definition) is 1. The number of amides is 1. The number of carbonyl (C=O) groups is 1. The van der Waals surface area contributed by atoms with E-state index in [2.05, 4.69) is 10.3 Å². The van der Waals surface area contributed by atoms with Crippen LogP contribution in [-0.4, -0.2) is 10.9 Å². The summed E-state index contributed by atoms with van der Waals surface area (Å²) in [6.07, 6.45) is 1.80. The molecule has 100 valence electrons. The highest BCUT2D eigenvalue weighted by atomic mass is 35.5. The van der Waals surface area contributed by atoms with Crippen LogP contribution >= 0.6 is 11.6 Å². The van der Waals surface area contributed by atoms with E-state index in [0.29, 0.717) is 11.3 Å². The number of benzene rings is 2. The number of nitrogens with one attached hydrogen (secondary N) is 2. The highest BCUT2D eigenvalue weighted by Crippen LogP contribution is 2.20. The number of aromatic amines is 1. The van der Waals surface area contributed by atoms with Gasteiger partial charge in [0, 0.05) is 33.4 Å². The first-order valence-corrected chi connectivity index (χ1v) is 6.34. The van der Waals surface area contributed by atoms with Gasteiger partial charge in [-0.25, -0.2) is 4.39 Å². The van der Waals surface area contributed by atoms with Crippen molar-refractivity contribution >= 4 is 34.1 Å².